The van der Waals surface area contributed by atoms with Gasteiger partial charge in [0.25, 0.3) is 0 Å². The molecule has 4 nitrogen and oxygen atoms in total. The Kier molecular flexibility index (Phi) is 5.50. The molecule has 1 heterocycles. The second-order valence-corrected chi connectivity index (χ2v) is 5.70. The number of aliphatic hydroxyl groups excluding tert-OH is 1. The van der Waals surface area contributed by atoms with Crippen LogP contribution in [0.25, 0.3) is 0 Å². The number of nitrogens with zero attached hydrogens (tertiary/aromatic N) is 1. The van der Waals surface area contributed by atoms with Crippen molar-refractivity contribution in [3.8, 4) is 0 Å². The van der Waals surface area contributed by atoms with Gasteiger partial charge in [-0.05, 0) is 57.1 Å². The van der Waals surface area contributed by atoms with Crippen LogP contribution in [-0.4, -0.2) is 33.4 Å². The van der Waals surface area contributed by atoms with Crippen LogP contribution in [0.5, 0.6) is 0 Å². The summed E-state index contributed by atoms with van der Waals surface area (Å²) in [7, 11) is 0. The molecule has 0 spiro atoms. The zero-order valence-electron chi connectivity index (χ0n) is 11.1. The zero-order chi connectivity index (χ0) is 13.6. The van der Waals surface area contributed by atoms with Crippen molar-refractivity contribution in [3.63, 3.8) is 0 Å². The molecule has 1 rings (SSSR count). The van der Waals surface area contributed by atoms with Crippen molar-refractivity contribution in [2.75, 3.05) is 6.61 Å². The molecule has 1 atom stereocenters. The van der Waals surface area contributed by atoms with Gasteiger partial charge < -0.3 is 15.7 Å². The maximum absolute atomic E-state index is 9.37. The fourth-order valence-corrected chi connectivity index (χ4v) is 2.00. The first-order valence-electron chi connectivity index (χ1n) is 5.99. The highest BCUT2D eigenvalue weighted by atomic mass is 32.1. The predicted octanol–water partition coefficient (Wildman–Crippen LogP) is 1.25. The lowest BCUT2D eigenvalue weighted by molar-refractivity contribution is 0.254. The molecule has 0 amide bonds. The molecule has 0 aromatic carbocycles. The third-order valence-corrected chi connectivity index (χ3v) is 2.50. The number of rotatable bonds is 4. The molecule has 1 unspecified atom stereocenters. The lowest BCUT2D eigenvalue weighted by Gasteiger charge is -2.26. The molecule has 5 heteroatoms. The summed E-state index contributed by atoms with van der Waals surface area (Å²) in [6, 6.07) is 3.78. The number of aliphatic hydroxyl groups is 1. The van der Waals surface area contributed by atoms with Crippen LogP contribution in [0.2, 0.25) is 0 Å². The predicted molar refractivity (Wildman–Crippen MR) is 77.4 cm³/mol. The van der Waals surface area contributed by atoms with Gasteiger partial charge in [0.1, 0.15) is 0 Å². The summed E-state index contributed by atoms with van der Waals surface area (Å²) in [5, 5.41) is 16.2. The van der Waals surface area contributed by atoms with E-state index < -0.39 is 0 Å². The van der Waals surface area contributed by atoms with E-state index in [1.54, 1.807) is 12.4 Å². The van der Waals surface area contributed by atoms with Crippen LogP contribution in [0.1, 0.15) is 26.3 Å². The fraction of sp³-hybridized carbons (Fsp3) is 0.538. The largest absolute Gasteiger partial charge is 0.394 e. The molecule has 0 bridgehead atoms. The van der Waals surface area contributed by atoms with Gasteiger partial charge in [-0.2, -0.15) is 0 Å². The molecule has 0 saturated heterocycles. The Morgan fingerprint density at radius 3 is 2.50 bits per heavy atom. The van der Waals surface area contributed by atoms with E-state index >= 15 is 0 Å². The van der Waals surface area contributed by atoms with E-state index in [0.717, 1.165) is 5.56 Å². The topological polar surface area (TPSA) is 57.2 Å². The Balaban J connectivity index is 2.50. The Morgan fingerprint density at radius 1 is 1.39 bits per heavy atom. The molecule has 0 fully saturated rings. The van der Waals surface area contributed by atoms with Gasteiger partial charge in [-0.1, -0.05) is 0 Å². The lowest BCUT2D eigenvalue weighted by atomic mass is 10.1. The maximum Gasteiger partial charge on any atom is 0.167 e. The average Bonchev–Trinajstić information content (AvgIpc) is 2.27. The SMILES string of the molecule is CC(C)(C)NC(=S)NC(CO)Cc1ccncc1. The highest BCUT2D eigenvalue weighted by Crippen LogP contribution is 2.03. The Labute approximate surface area is 114 Å². The van der Waals surface area contributed by atoms with Crippen LogP contribution in [0, 0.1) is 0 Å². The first-order chi connectivity index (χ1) is 8.40. The zero-order valence-corrected chi connectivity index (χ0v) is 11.9. The number of thiocarbonyl (C=S) groups is 1. The molecule has 18 heavy (non-hydrogen) atoms. The van der Waals surface area contributed by atoms with Crippen LogP contribution in [0.15, 0.2) is 24.5 Å². The molecule has 0 aliphatic heterocycles. The molecule has 1 aromatic heterocycles. The molecule has 0 radical (unpaired) electrons. The summed E-state index contributed by atoms with van der Waals surface area (Å²) in [5.41, 5.74) is 1.04. The van der Waals surface area contributed by atoms with Crippen molar-refractivity contribution in [2.45, 2.75) is 38.8 Å². The van der Waals surface area contributed by atoms with Gasteiger partial charge in [0, 0.05) is 17.9 Å². The van der Waals surface area contributed by atoms with Crippen molar-refractivity contribution in [1.82, 2.24) is 15.6 Å². The Morgan fingerprint density at radius 2 is 2.00 bits per heavy atom. The summed E-state index contributed by atoms with van der Waals surface area (Å²) in [5.74, 6) is 0. The van der Waals surface area contributed by atoms with Crippen molar-refractivity contribution in [2.24, 2.45) is 0 Å². The summed E-state index contributed by atoms with van der Waals surface area (Å²) in [6.45, 7) is 6.15. The number of pyridine rings is 1. The first kappa shape index (κ1) is 14.9. The minimum Gasteiger partial charge on any atom is -0.394 e. The van der Waals surface area contributed by atoms with Crippen LogP contribution in [0.3, 0.4) is 0 Å². The standard InChI is InChI=1S/C13H21N3OS/c1-13(2,3)16-12(18)15-11(9-17)8-10-4-6-14-7-5-10/h4-7,11,17H,8-9H2,1-3H3,(H2,15,16,18). The normalized spacial score (nSPS) is 12.9. The van der Waals surface area contributed by atoms with E-state index in [0.29, 0.717) is 11.5 Å². The van der Waals surface area contributed by atoms with Gasteiger partial charge in [0.15, 0.2) is 5.11 Å². The van der Waals surface area contributed by atoms with Gasteiger partial charge in [-0.3, -0.25) is 4.98 Å². The molecular formula is C13H21N3OS. The number of hydrogen-bond donors (Lipinski definition) is 3. The van der Waals surface area contributed by atoms with E-state index in [4.69, 9.17) is 12.2 Å². The third kappa shape index (κ3) is 5.93. The van der Waals surface area contributed by atoms with E-state index in [2.05, 4.69) is 15.6 Å². The summed E-state index contributed by atoms with van der Waals surface area (Å²) in [6.07, 6.45) is 4.20. The summed E-state index contributed by atoms with van der Waals surface area (Å²) in [4.78, 5) is 3.97. The first-order valence-corrected chi connectivity index (χ1v) is 6.40. The molecule has 0 aliphatic carbocycles. The summed E-state index contributed by atoms with van der Waals surface area (Å²) < 4.78 is 0. The van der Waals surface area contributed by atoms with E-state index in [-0.39, 0.29) is 18.2 Å². The van der Waals surface area contributed by atoms with Crippen LogP contribution in [-0.2, 0) is 6.42 Å². The molecule has 100 valence electrons. The van der Waals surface area contributed by atoms with Crippen LogP contribution in [0.4, 0.5) is 0 Å². The van der Waals surface area contributed by atoms with Crippen LogP contribution >= 0.6 is 12.2 Å². The maximum atomic E-state index is 9.37. The lowest BCUT2D eigenvalue weighted by Crippen LogP contribution is -2.50. The molecular weight excluding hydrogens is 246 g/mol. The van der Waals surface area contributed by atoms with E-state index in [9.17, 15) is 5.11 Å². The molecule has 1 aromatic rings. The van der Waals surface area contributed by atoms with Crippen LogP contribution < -0.4 is 10.6 Å². The van der Waals surface area contributed by atoms with Crippen molar-refractivity contribution >= 4 is 17.3 Å². The average molecular weight is 267 g/mol. The smallest absolute Gasteiger partial charge is 0.167 e. The molecule has 3 N–H and O–H groups in total. The Hall–Kier alpha value is -1.20. The van der Waals surface area contributed by atoms with Gasteiger partial charge in [0.05, 0.1) is 12.6 Å². The third-order valence-electron chi connectivity index (χ3n) is 2.28. The highest BCUT2D eigenvalue weighted by Gasteiger charge is 2.14. The fourth-order valence-electron chi connectivity index (χ4n) is 1.53. The van der Waals surface area contributed by atoms with Gasteiger partial charge in [-0.15, -0.1) is 0 Å². The van der Waals surface area contributed by atoms with E-state index in [1.807, 2.05) is 32.9 Å². The van der Waals surface area contributed by atoms with Crippen molar-refractivity contribution in [3.05, 3.63) is 30.1 Å². The second kappa shape index (κ2) is 6.66. The van der Waals surface area contributed by atoms with Gasteiger partial charge in [-0.25, -0.2) is 0 Å². The van der Waals surface area contributed by atoms with Gasteiger partial charge >= 0.3 is 0 Å². The number of aromatic nitrogens is 1. The Bertz CT molecular complexity index is 376. The quantitative estimate of drug-likeness (QED) is 0.717. The van der Waals surface area contributed by atoms with E-state index in [1.165, 1.54) is 0 Å². The molecule has 0 saturated carbocycles. The molecule has 0 aliphatic rings. The highest BCUT2D eigenvalue weighted by molar-refractivity contribution is 7.80. The number of hydrogen-bond acceptors (Lipinski definition) is 3. The van der Waals surface area contributed by atoms with Crippen molar-refractivity contribution in [1.29, 1.82) is 0 Å². The number of nitrogens with one attached hydrogen (secondary N) is 2. The monoisotopic (exact) mass is 267 g/mol. The van der Waals surface area contributed by atoms with Crippen molar-refractivity contribution < 1.29 is 5.11 Å². The summed E-state index contributed by atoms with van der Waals surface area (Å²) >= 11 is 5.22. The minimum absolute atomic E-state index is 0.0360. The van der Waals surface area contributed by atoms with Gasteiger partial charge in [0.2, 0.25) is 0 Å². The minimum atomic E-state index is -0.0882. The second-order valence-electron chi connectivity index (χ2n) is 5.29.